The number of aliphatic hydroxyl groups excluding tert-OH is 1. The van der Waals surface area contributed by atoms with Crippen molar-refractivity contribution in [3.8, 4) is 5.75 Å². The molecule has 35 heavy (non-hydrogen) atoms. The highest BCUT2D eigenvalue weighted by molar-refractivity contribution is 5.94. The van der Waals surface area contributed by atoms with Gasteiger partial charge in [-0.05, 0) is 62.9 Å². The predicted octanol–water partition coefficient (Wildman–Crippen LogP) is -1.65. The summed E-state index contributed by atoms with van der Waals surface area (Å²) in [5.41, 5.74) is 6.08. The fourth-order valence-corrected chi connectivity index (χ4v) is 3.75. The van der Waals surface area contributed by atoms with E-state index < -0.39 is 48.6 Å². The van der Waals surface area contributed by atoms with E-state index in [4.69, 9.17) is 5.73 Å². The first-order valence-corrected chi connectivity index (χ1v) is 11.7. The lowest BCUT2D eigenvalue weighted by molar-refractivity contribution is -0.142. The maximum atomic E-state index is 12.9. The molecule has 12 heteroatoms. The number of amides is 3. The number of rotatable bonds is 14. The molecule has 0 saturated carbocycles. The molecule has 1 saturated heterocycles. The van der Waals surface area contributed by atoms with Crippen molar-refractivity contribution in [3.05, 3.63) is 29.8 Å². The number of carbonyl (C=O) groups is 4. The summed E-state index contributed by atoms with van der Waals surface area (Å²) in [5, 5.41) is 39.1. The Morgan fingerprint density at radius 1 is 1.00 bits per heavy atom. The maximum absolute atomic E-state index is 12.9. The van der Waals surface area contributed by atoms with Crippen molar-refractivity contribution >= 4 is 23.7 Å². The lowest BCUT2D eigenvalue weighted by atomic mass is 10.0. The number of hydrogen-bond donors (Lipinski definition) is 8. The van der Waals surface area contributed by atoms with E-state index in [0.717, 1.165) is 6.42 Å². The van der Waals surface area contributed by atoms with Crippen molar-refractivity contribution in [3.63, 3.8) is 0 Å². The molecule has 0 aliphatic carbocycles. The average molecular weight is 494 g/mol. The second-order valence-corrected chi connectivity index (χ2v) is 8.51. The molecule has 2 rings (SSSR count). The molecule has 0 spiro atoms. The summed E-state index contributed by atoms with van der Waals surface area (Å²) in [7, 11) is 0. The molecule has 3 amide bonds. The SMILES string of the molecule is NCCCCC(NC(=O)C1CCCN1)C(=O)NC(CO)C(=O)NC(Cc1ccc(O)cc1)C(=O)O. The van der Waals surface area contributed by atoms with Crippen molar-refractivity contribution in [2.45, 2.75) is 62.7 Å². The number of phenols is 1. The van der Waals surface area contributed by atoms with Gasteiger partial charge in [0, 0.05) is 6.42 Å². The molecule has 1 aromatic carbocycles. The standard InChI is InChI=1S/C23H35N5O7/c24-10-2-1-4-17(26-20(31)16-5-3-11-25-16)21(32)28-19(13-29)22(33)27-18(23(34)35)12-14-6-8-15(30)9-7-14/h6-9,16-19,25,29-30H,1-5,10-13,24H2,(H,26,31)(H,27,33)(H,28,32)(H,34,35). The quantitative estimate of drug-likeness (QED) is 0.140. The predicted molar refractivity (Wildman–Crippen MR) is 126 cm³/mol. The highest BCUT2D eigenvalue weighted by atomic mass is 16.4. The zero-order chi connectivity index (χ0) is 25.8. The van der Waals surface area contributed by atoms with Gasteiger partial charge >= 0.3 is 5.97 Å². The van der Waals surface area contributed by atoms with E-state index in [1.165, 1.54) is 24.3 Å². The second-order valence-electron chi connectivity index (χ2n) is 8.51. The van der Waals surface area contributed by atoms with Gasteiger partial charge in [-0.25, -0.2) is 4.79 Å². The highest BCUT2D eigenvalue weighted by Gasteiger charge is 2.31. The van der Waals surface area contributed by atoms with Crippen LogP contribution in [-0.4, -0.2) is 82.9 Å². The van der Waals surface area contributed by atoms with Gasteiger partial charge < -0.3 is 42.3 Å². The Hall–Kier alpha value is -3.22. The molecular formula is C23H35N5O7. The number of carbonyl (C=O) groups excluding carboxylic acids is 3. The van der Waals surface area contributed by atoms with Gasteiger partial charge in [0.25, 0.3) is 0 Å². The number of aromatic hydroxyl groups is 1. The van der Waals surface area contributed by atoms with Crippen molar-refractivity contribution in [1.29, 1.82) is 0 Å². The number of aliphatic carboxylic acids is 1. The molecule has 1 fully saturated rings. The summed E-state index contributed by atoms with van der Waals surface area (Å²) in [6.07, 6.45) is 2.94. The van der Waals surface area contributed by atoms with Crippen LogP contribution in [-0.2, 0) is 25.6 Å². The Labute approximate surface area is 203 Å². The minimum atomic E-state index is -1.41. The number of phenolic OH excluding ortho intramolecular Hbond substituents is 1. The van der Waals surface area contributed by atoms with Crippen LogP contribution in [0.1, 0.15) is 37.7 Å². The van der Waals surface area contributed by atoms with E-state index in [1.54, 1.807) is 0 Å². The summed E-state index contributed by atoms with van der Waals surface area (Å²) in [6.45, 7) is 0.367. The molecule has 4 unspecified atom stereocenters. The smallest absolute Gasteiger partial charge is 0.326 e. The average Bonchev–Trinajstić information content (AvgIpc) is 3.37. The van der Waals surface area contributed by atoms with E-state index >= 15 is 0 Å². The van der Waals surface area contributed by atoms with Crippen LogP contribution in [0.5, 0.6) is 5.75 Å². The monoisotopic (exact) mass is 493 g/mol. The van der Waals surface area contributed by atoms with Gasteiger partial charge in [-0.1, -0.05) is 12.1 Å². The molecular weight excluding hydrogens is 458 g/mol. The van der Waals surface area contributed by atoms with E-state index in [9.17, 15) is 34.5 Å². The first-order valence-electron chi connectivity index (χ1n) is 11.7. The molecule has 0 radical (unpaired) electrons. The number of unbranched alkanes of at least 4 members (excludes halogenated alkanes) is 1. The van der Waals surface area contributed by atoms with Gasteiger partial charge in [0.05, 0.1) is 12.6 Å². The topological polar surface area (TPSA) is 203 Å². The first-order chi connectivity index (χ1) is 16.7. The number of carboxylic acids is 1. The molecule has 194 valence electrons. The van der Waals surface area contributed by atoms with Crippen LogP contribution < -0.4 is 27.0 Å². The zero-order valence-electron chi connectivity index (χ0n) is 19.5. The second kappa shape index (κ2) is 14.2. The summed E-state index contributed by atoms with van der Waals surface area (Å²) in [6, 6.07) is 1.76. The van der Waals surface area contributed by atoms with Crippen molar-refractivity contribution < 1.29 is 34.5 Å². The molecule has 4 atom stereocenters. The number of aliphatic hydroxyl groups is 1. The molecule has 9 N–H and O–H groups in total. The summed E-state index contributed by atoms with van der Waals surface area (Å²) < 4.78 is 0. The number of nitrogens with two attached hydrogens (primary N) is 1. The van der Waals surface area contributed by atoms with Crippen LogP contribution in [0.15, 0.2) is 24.3 Å². The van der Waals surface area contributed by atoms with E-state index in [-0.39, 0.29) is 18.1 Å². The van der Waals surface area contributed by atoms with Crippen LogP contribution >= 0.6 is 0 Å². The van der Waals surface area contributed by atoms with Crippen molar-refractivity contribution in [1.82, 2.24) is 21.3 Å². The number of hydrogen-bond acceptors (Lipinski definition) is 8. The third-order valence-corrected chi connectivity index (χ3v) is 5.76. The van der Waals surface area contributed by atoms with Gasteiger partial charge in [0.1, 0.15) is 23.9 Å². The molecule has 1 aliphatic rings. The Bertz CT molecular complexity index is 858. The summed E-state index contributed by atoms with van der Waals surface area (Å²) in [4.78, 5) is 49.7. The number of carboxylic acid groups (broad SMARTS) is 1. The maximum Gasteiger partial charge on any atom is 0.326 e. The molecule has 12 nitrogen and oxygen atoms in total. The van der Waals surface area contributed by atoms with E-state index in [1.807, 2.05) is 0 Å². The Morgan fingerprint density at radius 2 is 1.66 bits per heavy atom. The largest absolute Gasteiger partial charge is 0.508 e. The van der Waals surface area contributed by atoms with E-state index in [0.29, 0.717) is 44.3 Å². The van der Waals surface area contributed by atoms with E-state index in [2.05, 4.69) is 21.3 Å². The van der Waals surface area contributed by atoms with Crippen LogP contribution in [0.25, 0.3) is 0 Å². The van der Waals surface area contributed by atoms with Gasteiger partial charge in [-0.3, -0.25) is 14.4 Å². The van der Waals surface area contributed by atoms with Crippen molar-refractivity contribution in [2.24, 2.45) is 5.73 Å². The van der Waals surface area contributed by atoms with Gasteiger partial charge in [0.2, 0.25) is 17.7 Å². The van der Waals surface area contributed by atoms with Crippen LogP contribution in [0.2, 0.25) is 0 Å². The van der Waals surface area contributed by atoms with Gasteiger partial charge in [-0.2, -0.15) is 0 Å². The Balaban J connectivity index is 2.02. The third-order valence-electron chi connectivity index (χ3n) is 5.76. The highest BCUT2D eigenvalue weighted by Crippen LogP contribution is 2.12. The first kappa shape index (κ1) is 28.0. The molecule has 0 aromatic heterocycles. The minimum Gasteiger partial charge on any atom is -0.508 e. The lowest BCUT2D eigenvalue weighted by Crippen LogP contribution is -2.58. The fourth-order valence-electron chi connectivity index (χ4n) is 3.75. The lowest BCUT2D eigenvalue weighted by Gasteiger charge is -2.24. The Morgan fingerprint density at radius 3 is 2.23 bits per heavy atom. The minimum absolute atomic E-state index is 0.0181. The summed E-state index contributed by atoms with van der Waals surface area (Å²) in [5.74, 6) is -3.14. The number of nitrogens with one attached hydrogen (secondary N) is 4. The normalized spacial score (nSPS) is 17.7. The molecule has 1 aliphatic heterocycles. The third kappa shape index (κ3) is 9.15. The molecule has 0 bridgehead atoms. The number of benzene rings is 1. The molecule has 1 heterocycles. The van der Waals surface area contributed by atoms with Crippen LogP contribution in [0.4, 0.5) is 0 Å². The van der Waals surface area contributed by atoms with Crippen LogP contribution in [0, 0.1) is 0 Å². The fraction of sp³-hybridized carbons (Fsp3) is 0.565. The zero-order valence-corrected chi connectivity index (χ0v) is 19.5. The van der Waals surface area contributed by atoms with Gasteiger partial charge in [0.15, 0.2) is 0 Å². The van der Waals surface area contributed by atoms with Crippen LogP contribution in [0.3, 0.4) is 0 Å². The summed E-state index contributed by atoms with van der Waals surface area (Å²) >= 11 is 0. The van der Waals surface area contributed by atoms with Crippen molar-refractivity contribution in [2.75, 3.05) is 19.7 Å². The Kier molecular flexibility index (Phi) is 11.4. The molecule has 1 aromatic rings. The van der Waals surface area contributed by atoms with Gasteiger partial charge in [-0.15, -0.1) is 0 Å².